The average molecular weight is 403 g/mol. The Morgan fingerprint density at radius 2 is 2.04 bits per heavy atom. The Balaban J connectivity index is 1.57. The van der Waals surface area contributed by atoms with Crippen LogP contribution in [0.25, 0.3) is 10.9 Å². The summed E-state index contributed by atoms with van der Waals surface area (Å²) in [4.78, 5) is 15.0. The van der Waals surface area contributed by atoms with Crippen LogP contribution in [0.2, 0.25) is 5.15 Å². The number of hydrogen-bond acceptors (Lipinski definition) is 6. The van der Waals surface area contributed by atoms with Gasteiger partial charge < -0.3 is 0 Å². The summed E-state index contributed by atoms with van der Waals surface area (Å²) in [7, 11) is -3.39. The van der Waals surface area contributed by atoms with Gasteiger partial charge in [-0.2, -0.15) is 0 Å². The highest BCUT2D eigenvalue weighted by atomic mass is 35.5. The topological polar surface area (TPSA) is 76.1 Å². The molecule has 3 aromatic rings. The fraction of sp³-hybridized carbons (Fsp3) is 0.316. The predicted octanol–water partition coefficient (Wildman–Crippen LogP) is 2.95. The van der Waals surface area contributed by atoms with Crippen molar-refractivity contribution < 1.29 is 8.42 Å². The van der Waals surface area contributed by atoms with E-state index in [-0.39, 0.29) is 5.16 Å². The monoisotopic (exact) mass is 402 g/mol. The first-order chi connectivity index (χ1) is 12.8. The molecule has 27 heavy (non-hydrogen) atoms. The summed E-state index contributed by atoms with van der Waals surface area (Å²) in [5.41, 5.74) is 4.79. The molecule has 6 nitrogen and oxygen atoms in total. The van der Waals surface area contributed by atoms with Crippen LogP contribution in [0.1, 0.15) is 22.4 Å². The van der Waals surface area contributed by atoms with Crippen molar-refractivity contribution in [2.75, 3.05) is 12.8 Å². The molecule has 0 unspecified atom stereocenters. The highest BCUT2D eigenvalue weighted by Crippen LogP contribution is 2.25. The SMILES string of the molecule is Cc1ccc2cc(CN3CCc4nc(S(C)(=O)=O)ncc4C3)c(Cl)nc2c1. The zero-order valence-electron chi connectivity index (χ0n) is 15.1. The van der Waals surface area contributed by atoms with Crippen molar-refractivity contribution in [1.29, 1.82) is 0 Å². The number of hydrogen-bond donors (Lipinski definition) is 0. The van der Waals surface area contributed by atoms with Crippen molar-refractivity contribution in [3.63, 3.8) is 0 Å². The summed E-state index contributed by atoms with van der Waals surface area (Å²) in [6.45, 7) is 4.13. The Labute approximate surface area is 163 Å². The lowest BCUT2D eigenvalue weighted by atomic mass is 10.1. The molecule has 4 rings (SSSR count). The van der Waals surface area contributed by atoms with E-state index in [1.165, 1.54) is 0 Å². The molecule has 1 aliphatic heterocycles. The standard InChI is InChI=1S/C19H19ClN4O2S/c1-12-3-4-13-8-14(18(20)22-17(13)7-12)10-24-6-5-16-15(11-24)9-21-19(23-16)27(2,25)26/h3-4,7-9H,5-6,10-11H2,1-2H3. The molecule has 0 fully saturated rings. The molecule has 2 aromatic heterocycles. The highest BCUT2D eigenvalue weighted by Gasteiger charge is 2.22. The van der Waals surface area contributed by atoms with Gasteiger partial charge in [0.2, 0.25) is 15.0 Å². The molecule has 1 aromatic carbocycles. The first-order valence-corrected chi connectivity index (χ1v) is 10.9. The zero-order chi connectivity index (χ0) is 19.2. The molecule has 0 saturated heterocycles. The quantitative estimate of drug-likeness (QED) is 0.495. The van der Waals surface area contributed by atoms with E-state index in [0.29, 0.717) is 24.7 Å². The molecule has 0 N–H and O–H groups in total. The van der Waals surface area contributed by atoms with Gasteiger partial charge in [-0.15, -0.1) is 0 Å². The van der Waals surface area contributed by atoms with Crippen LogP contribution in [0.15, 0.2) is 35.6 Å². The lowest BCUT2D eigenvalue weighted by Crippen LogP contribution is -2.31. The fourth-order valence-corrected chi connectivity index (χ4v) is 4.04. The number of rotatable bonds is 3. The van der Waals surface area contributed by atoms with Crippen LogP contribution in [0, 0.1) is 6.92 Å². The molecule has 1 aliphatic rings. The van der Waals surface area contributed by atoms with Gasteiger partial charge in [0.1, 0.15) is 5.15 Å². The van der Waals surface area contributed by atoms with Gasteiger partial charge in [-0.05, 0) is 24.6 Å². The average Bonchev–Trinajstić information content (AvgIpc) is 2.61. The number of aromatic nitrogens is 3. The third-order valence-electron chi connectivity index (χ3n) is 4.72. The maximum Gasteiger partial charge on any atom is 0.246 e. The van der Waals surface area contributed by atoms with Crippen molar-refractivity contribution in [2.24, 2.45) is 0 Å². The molecule has 0 saturated carbocycles. The molecule has 0 amide bonds. The van der Waals surface area contributed by atoms with Crippen LogP contribution < -0.4 is 0 Å². The molecule has 0 spiro atoms. The van der Waals surface area contributed by atoms with Crippen LogP contribution in [-0.2, 0) is 29.3 Å². The smallest absolute Gasteiger partial charge is 0.246 e. The van der Waals surface area contributed by atoms with Crippen LogP contribution in [0.4, 0.5) is 0 Å². The summed E-state index contributed by atoms with van der Waals surface area (Å²) >= 11 is 6.42. The van der Waals surface area contributed by atoms with Crippen molar-refractivity contribution in [2.45, 2.75) is 31.6 Å². The molecule has 140 valence electrons. The summed E-state index contributed by atoms with van der Waals surface area (Å²) in [5, 5.41) is 1.48. The molecular formula is C19H19ClN4O2S. The number of fused-ring (bicyclic) bond motifs is 2. The minimum Gasteiger partial charge on any atom is -0.294 e. The van der Waals surface area contributed by atoms with Crippen LogP contribution in [0.5, 0.6) is 0 Å². The second-order valence-corrected chi connectivity index (χ2v) is 9.26. The third-order valence-corrected chi connectivity index (χ3v) is 5.90. The van der Waals surface area contributed by atoms with E-state index in [9.17, 15) is 8.42 Å². The summed E-state index contributed by atoms with van der Waals surface area (Å²) in [5.74, 6) is 0. The Morgan fingerprint density at radius 1 is 1.22 bits per heavy atom. The van der Waals surface area contributed by atoms with E-state index in [2.05, 4.69) is 38.1 Å². The Morgan fingerprint density at radius 3 is 2.81 bits per heavy atom. The number of halogens is 1. The zero-order valence-corrected chi connectivity index (χ0v) is 16.7. The van der Waals surface area contributed by atoms with Crippen molar-refractivity contribution in [3.05, 3.63) is 58.0 Å². The van der Waals surface area contributed by atoms with Gasteiger partial charge in [-0.1, -0.05) is 23.7 Å². The molecule has 3 heterocycles. The van der Waals surface area contributed by atoms with Gasteiger partial charge in [-0.3, -0.25) is 4.90 Å². The normalized spacial score (nSPS) is 15.1. The van der Waals surface area contributed by atoms with E-state index in [1.54, 1.807) is 6.20 Å². The Kier molecular flexibility index (Phi) is 4.61. The lowest BCUT2D eigenvalue weighted by Gasteiger charge is -2.28. The van der Waals surface area contributed by atoms with E-state index in [1.807, 2.05) is 13.0 Å². The molecule has 0 atom stereocenters. The fourth-order valence-electron chi connectivity index (χ4n) is 3.32. The number of sulfone groups is 1. The molecular weight excluding hydrogens is 384 g/mol. The molecule has 0 aliphatic carbocycles. The highest BCUT2D eigenvalue weighted by molar-refractivity contribution is 7.90. The second-order valence-electron chi connectivity index (χ2n) is 6.99. The van der Waals surface area contributed by atoms with Crippen molar-refractivity contribution >= 4 is 32.3 Å². The van der Waals surface area contributed by atoms with Crippen LogP contribution >= 0.6 is 11.6 Å². The van der Waals surface area contributed by atoms with Gasteiger partial charge in [0, 0.05) is 55.0 Å². The number of nitrogens with zero attached hydrogens (tertiary/aromatic N) is 4. The lowest BCUT2D eigenvalue weighted by molar-refractivity contribution is 0.242. The molecule has 8 heteroatoms. The van der Waals surface area contributed by atoms with E-state index >= 15 is 0 Å². The number of pyridine rings is 1. The van der Waals surface area contributed by atoms with Gasteiger partial charge in [0.25, 0.3) is 0 Å². The van der Waals surface area contributed by atoms with E-state index in [0.717, 1.165) is 46.1 Å². The van der Waals surface area contributed by atoms with Crippen molar-refractivity contribution in [1.82, 2.24) is 19.9 Å². The predicted molar refractivity (Wildman–Crippen MR) is 104 cm³/mol. The summed E-state index contributed by atoms with van der Waals surface area (Å²) in [6.07, 6.45) is 3.42. The largest absolute Gasteiger partial charge is 0.294 e. The minimum absolute atomic E-state index is 0.105. The first kappa shape index (κ1) is 18.3. The minimum atomic E-state index is -3.39. The molecule has 0 bridgehead atoms. The number of aryl methyl sites for hydroxylation is 1. The maximum atomic E-state index is 11.6. The number of benzene rings is 1. The van der Waals surface area contributed by atoms with Gasteiger partial charge >= 0.3 is 0 Å². The molecule has 0 radical (unpaired) electrons. The van der Waals surface area contributed by atoms with Gasteiger partial charge in [0.05, 0.1) is 11.2 Å². The van der Waals surface area contributed by atoms with Crippen LogP contribution in [0.3, 0.4) is 0 Å². The Bertz CT molecular complexity index is 1150. The van der Waals surface area contributed by atoms with E-state index < -0.39 is 9.84 Å². The van der Waals surface area contributed by atoms with Gasteiger partial charge in [-0.25, -0.2) is 23.4 Å². The van der Waals surface area contributed by atoms with Gasteiger partial charge in [0.15, 0.2) is 0 Å². The second kappa shape index (κ2) is 6.82. The first-order valence-electron chi connectivity index (χ1n) is 8.62. The third kappa shape index (κ3) is 3.81. The van der Waals surface area contributed by atoms with Crippen LogP contribution in [-0.4, -0.2) is 41.1 Å². The maximum absolute atomic E-state index is 11.6. The Hall–Kier alpha value is -2.09. The summed E-state index contributed by atoms with van der Waals surface area (Å²) < 4.78 is 23.3. The van der Waals surface area contributed by atoms with E-state index in [4.69, 9.17) is 11.6 Å². The summed E-state index contributed by atoms with van der Waals surface area (Å²) in [6, 6.07) is 8.24. The van der Waals surface area contributed by atoms with Crippen molar-refractivity contribution in [3.8, 4) is 0 Å².